The zero-order chi connectivity index (χ0) is 48.2. The first-order chi connectivity index (χ1) is 34.6. The van der Waals surface area contributed by atoms with Crippen LogP contribution in [0.1, 0.15) is 139 Å². The van der Waals surface area contributed by atoms with Crippen molar-refractivity contribution in [3.05, 3.63) is 113 Å². The topological polar surface area (TPSA) is 101 Å². The number of likely N-dealkylation sites (tertiary alicyclic amines) is 1. The third kappa shape index (κ3) is 7.26. The van der Waals surface area contributed by atoms with Crippen molar-refractivity contribution >= 4 is 61.2 Å². The lowest BCUT2D eigenvalue weighted by atomic mass is 9.74. The molecular formula is C60H65FN6O4. The fraction of sp³-hybridized carbons (Fsp3) is 0.433. The van der Waals surface area contributed by atoms with Crippen LogP contribution >= 0.6 is 0 Å². The first-order valence-electron chi connectivity index (χ1n) is 26.7. The van der Waals surface area contributed by atoms with Crippen LogP contribution in [0.25, 0.3) is 66.1 Å². The number of aromatic carboxylic acids is 2. The molecule has 0 spiro atoms. The van der Waals surface area contributed by atoms with Crippen LogP contribution in [0.15, 0.2) is 85.2 Å². The Morgan fingerprint density at radius 3 is 1.85 bits per heavy atom. The fourth-order valence-corrected chi connectivity index (χ4v) is 14.7. The second-order valence-corrected chi connectivity index (χ2v) is 22.1. The quantitative estimate of drug-likeness (QED) is 0.157. The van der Waals surface area contributed by atoms with Gasteiger partial charge in [0.05, 0.1) is 39.2 Å². The number of rotatable bonds is 8. The molecule has 1 saturated heterocycles. The Morgan fingerprint density at radius 2 is 1.21 bits per heavy atom. The average Bonchev–Trinajstić information content (AvgIpc) is 4.12. The van der Waals surface area contributed by atoms with Crippen LogP contribution in [0.5, 0.6) is 0 Å². The summed E-state index contributed by atoms with van der Waals surface area (Å²) in [6.07, 6.45) is 17.2. The maximum absolute atomic E-state index is 14.5. The van der Waals surface area contributed by atoms with Crippen molar-refractivity contribution in [1.29, 1.82) is 0 Å². The molecule has 366 valence electrons. The lowest BCUT2D eigenvalue weighted by Gasteiger charge is -2.37. The predicted octanol–water partition coefficient (Wildman–Crippen LogP) is 13.6. The molecule has 1 atom stereocenters. The molecule has 2 saturated carbocycles. The number of nitrogens with zero attached hydrogens (tertiary/aromatic N) is 6. The molecule has 2 aliphatic carbocycles. The van der Waals surface area contributed by atoms with Gasteiger partial charge in [-0.15, -0.1) is 0 Å². The Morgan fingerprint density at radius 1 is 0.606 bits per heavy atom. The van der Waals surface area contributed by atoms with Crippen molar-refractivity contribution in [2.75, 3.05) is 32.1 Å². The van der Waals surface area contributed by atoms with E-state index in [-0.39, 0.29) is 6.04 Å². The lowest BCUT2D eigenvalue weighted by molar-refractivity contribution is 0.0686. The van der Waals surface area contributed by atoms with Gasteiger partial charge in [0.15, 0.2) is 0 Å². The minimum absolute atomic E-state index is 0.210. The Hall–Kier alpha value is -6.33. The number of halogens is 1. The molecule has 3 fully saturated rings. The normalized spacial score (nSPS) is 21.3. The van der Waals surface area contributed by atoms with E-state index in [4.69, 9.17) is 0 Å². The van der Waals surface area contributed by atoms with Gasteiger partial charge in [0.25, 0.3) is 0 Å². The maximum atomic E-state index is 14.5. The van der Waals surface area contributed by atoms with E-state index in [1.807, 2.05) is 18.2 Å². The number of benzene rings is 4. The van der Waals surface area contributed by atoms with E-state index in [1.54, 1.807) is 6.07 Å². The first kappa shape index (κ1) is 44.6. The van der Waals surface area contributed by atoms with Crippen LogP contribution in [0, 0.1) is 5.92 Å². The molecule has 0 bridgehead atoms. The molecule has 4 aromatic heterocycles. The monoisotopic (exact) mass is 953 g/mol. The molecule has 11 heteroatoms. The van der Waals surface area contributed by atoms with Gasteiger partial charge in [0.1, 0.15) is 6.17 Å². The highest BCUT2D eigenvalue weighted by molar-refractivity contribution is 6.07. The van der Waals surface area contributed by atoms with E-state index in [0.717, 1.165) is 102 Å². The van der Waals surface area contributed by atoms with Crippen molar-refractivity contribution < 1.29 is 24.2 Å². The van der Waals surface area contributed by atoms with Crippen molar-refractivity contribution in [1.82, 2.24) is 23.2 Å². The summed E-state index contributed by atoms with van der Waals surface area (Å²) in [7, 11) is 4.24. The number of carbonyl (C=O) groups is 2. The summed E-state index contributed by atoms with van der Waals surface area (Å²) >= 11 is 0. The van der Waals surface area contributed by atoms with Gasteiger partial charge < -0.3 is 33.4 Å². The molecule has 7 heterocycles. The largest absolute Gasteiger partial charge is 0.478 e. The smallest absolute Gasteiger partial charge is 0.335 e. The molecule has 71 heavy (non-hydrogen) atoms. The second kappa shape index (κ2) is 17.5. The number of alkyl halides is 1. The van der Waals surface area contributed by atoms with Gasteiger partial charge in [-0.2, -0.15) is 0 Å². The van der Waals surface area contributed by atoms with Crippen molar-refractivity contribution in [2.45, 2.75) is 134 Å². The molecular weight excluding hydrogens is 888 g/mol. The molecule has 0 radical (unpaired) electrons. The van der Waals surface area contributed by atoms with Crippen LogP contribution in [-0.4, -0.2) is 78.7 Å². The fourth-order valence-electron chi connectivity index (χ4n) is 14.7. The van der Waals surface area contributed by atoms with E-state index in [2.05, 4.69) is 103 Å². The number of hydrogen-bond donors (Lipinski definition) is 2. The van der Waals surface area contributed by atoms with Crippen LogP contribution in [0.3, 0.4) is 0 Å². The number of fused-ring (bicyclic) bond motifs is 8. The lowest BCUT2D eigenvalue weighted by Crippen LogP contribution is -2.33. The third-order valence-electron chi connectivity index (χ3n) is 17.9. The van der Waals surface area contributed by atoms with Crippen molar-refractivity contribution in [3.63, 3.8) is 0 Å². The predicted molar refractivity (Wildman–Crippen MR) is 282 cm³/mol. The number of piperidine rings is 1. The third-order valence-corrected chi connectivity index (χ3v) is 17.9. The average molecular weight is 953 g/mol. The molecule has 2 N–H and O–H groups in total. The number of hydrogen-bond acceptors (Lipinski definition) is 4. The Balaban J connectivity index is 0.936. The van der Waals surface area contributed by atoms with Crippen molar-refractivity contribution in [2.24, 2.45) is 5.92 Å². The van der Waals surface area contributed by atoms with Gasteiger partial charge in [-0.25, -0.2) is 14.0 Å². The van der Waals surface area contributed by atoms with E-state index in [0.29, 0.717) is 41.7 Å². The van der Waals surface area contributed by atoms with Crippen LogP contribution in [0.4, 0.5) is 10.1 Å². The van der Waals surface area contributed by atoms with Crippen LogP contribution < -0.4 is 4.90 Å². The summed E-state index contributed by atoms with van der Waals surface area (Å²) in [5.74, 6) is -0.690. The minimum atomic E-state index is -0.901. The summed E-state index contributed by atoms with van der Waals surface area (Å²) in [6, 6.07) is 25.5. The Kier molecular flexibility index (Phi) is 11.0. The molecule has 8 aromatic rings. The second-order valence-electron chi connectivity index (χ2n) is 22.1. The van der Waals surface area contributed by atoms with Gasteiger partial charge in [0.2, 0.25) is 0 Å². The van der Waals surface area contributed by atoms with E-state index in [9.17, 15) is 24.2 Å². The van der Waals surface area contributed by atoms with Gasteiger partial charge in [0, 0.05) is 116 Å². The van der Waals surface area contributed by atoms with Gasteiger partial charge >= 0.3 is 11.9 Å². The maximum Gasteiger partial charge on any atom is 0.335 e. The van der Waals surface area contributed by atoms with Crippen LogP contribution in [0.2, 0.25) is 0 Å². The highest BCUT2D eigenvalue weighted by Gasteiger charge is 2.38. The molecule has 3 aliphatic heterocycles. The Labute approximate surface area is 414 Å². The van der Waals surface area contributed by atoms with Gasteiger partial charge in [-0.05, 0) is 123 Å². The zero-order valence-corrected chi connectivity index (χ0v) is 41.2. The number of carboxylic acids is 2. The highest BCUT2D eigenvalue weighted by atomic mass is 19.1. The van der Waals surface area contributed by atoms with Crippen molar-refractivity contribution in [3.8, 4) is 22.5 Å². The van der Waals surface area contributed by atoms with E-state index in [1.165, 1.54) is 96.7 Å². The highest BCUT2D eigenvalue weighted by Crippen LogP contribution is 2.53. The number of para-hydroxylation sites is 2. The zero-order valence-electron chi connectivity index (χ0n) is 41.2. The van der Waals surface area contributed by atoms with E-state index < -0.39 is 18.1 Å². The molecule has 13 rings (SSSR count). The number of aryl methyl sites for hydroxylation is 3. The molecule has 4 aromatic carbocycles. The van der Waals surface area contributed by atoms with Gasteiger partial charge in [-0.1, -0.05) is 67.8 Å². The standard InChI is InChI=1S/C60H65FN6O4/c1-62(2)52-35-64-26-8-27-65-50-31-39(59(68)69)19-21-44(50)54(57(65)47-13-7-12-46(52)55(47)64)38-17-15-36(16-18-38)49-25-30-66-51-32-40(60(70)71)20-22-45(51)53(37-9-4-3-5-10-37)58(66)48-14-6-11-43-41(34-67(49)56(43)48)33-63-28-23-42(61)24-29-63/h6-7,11-14,19-22,31-32,34-38,42,49H,3-5,8-10,15-18,23-30,33H2,1-2H3,(H,68,69)(H,70,71). The number of carboxylic acid groups (broad SMARTS) is 2. The number of anilines is 1. The summed E-state index contributed by atoms with van der Waals surface area (Å²) in [5, 5.41) is 25.5. The summed E-state index contributed by atoms with van der Waals surface area (Å²) in [5.41, 5.74) is 15.5. The molecule has 5 aliphatic rings. The molecule has 0 amide bonds. The summed E-state index contributed by atoms with van der Waals surface area (Å²) in [6.45, 7) is 4.81. The first-order valence-corrected chi connectivity index (χ1v) is 26.7. The molecule has 10 nitrogen and oxygen atoms in total. The SMILES string of the molecule is CN(C)c1cn2c3c(cccc13)-c1c(C3CCC(C4CCn5c(c(C6CCCCC6)c6ccc(C(=O)O)cc65)-c5cccc6c(CN7CCC(F)CC7)cn4c56)CC3)c3ccc(C(=O)O)cc3n1CCC2. The molecule has 1 unspecified atom stereocenters. The number of aromatic nitrogens is 4. The Bertz CT molecular complexity index is 3420. The summed E-state index contributed by atoms with van der Waals surface area (Å²) < 4.78 is 24.6. The van der Waals surface area contributed by atoms with Gasteiger partial charge in [-0.3, -0.25) is 4.90 Å². The van der Waals surface area contributed by atoms with Crippen LogP contribution in [-0.2, 0) is 26.2 Å². The van der Waals surface area contributed by atoms with E-state index >= 15 is 0 Å². The summed E-state index contributed by atoms with van der Waals surface area (Å²) in [4.78, 5) is 29.8. The minimum Gasteiger partial charge on any atom is -0.478 e.